The summed E-state index contributed by atoms with van der Waals surface area (Å²) in [5.74, 6) is 0. The van der Waals surface area contributed by atoms with Crippen molar-refractivity contribution >= 4 is 40.2 Å². The van der Waals surface area contributed by atoms with Crippen LogP contribution < -0.4 is 16.0 Å². The summed E-state index contributed by atoms with van der Waals surface area (Å²) >= 11 is 6.65. The molecule has 2 aliphatic carbocycles. The molecule has 31 heavy (non-hydrogen) atoms. The normalized spacial score (nSPS) is 20.0. The minimum atomic E-state index is 0.0710. The molecule has 0 aliphatic heterocycles. The molecule has 0 bridgehead atoms. The largest absolute Gasteiger partial charge is 0.355 e. The van der Waals surface area contributed by atoms with Gasteiger partial charge < -0.3 is 9.88 Å². The van der Waals surface area contributed by atoms with Gasteiger partial charge in [0.05, 0.1) is 5.38 Å². The van der Waals surface area contributed by atoms with E-state index in [4.69, 9.17) is 11.6 Å². The summed E-state index contributed by atoms with van der Waals surface area (Å²) in [5.41, 5.74) is 6.63. The third-order valence-electron chi connectivity index (χ3n) is 6.67. The lowest BCUT2D eigenvalue weighted by atomic mass is 9.98. The summed E-state index contributed by atoms with van der Waals surface area (Å²) < 4.78 is 2.44. The van der Waals surface area contributed by atoms with Gasteiger partial charge in [-0.2, -0.15) is 0 Å². The maximum absolute atomic E-state index is 6.65. The van der Waals surface area contributed by atoms with Crippen LogP contribution in [0.1, 0.15) is 50.5 Å². The van der Waals surface area contributed by atoms with E-state index in [2.05, 4.69) is 90.5 Å². The number of halogens is 1. The van der Waals surface area contributed by atoms with Crippen LogP contribution in [0.5, 0.6) is 0 Å². The van der Waals surface area contributed by atoms with Crippen molar-refractivity contribution in [1.29, 1.82) is 0 Å². The Kier molecular flexibility index (Phi) is 5.50. The Morgan fingerprint density at radius 3 is 2.65 bits per heavy atom. The van der Waals surface area contributed by atoms with Crippen molar-refractivity contribution in [3.05, 3.63) is 87.7 Å². The zero-order valence-electron chi connectivity index (χ0n) is 18.3. The van der Waals surface area contributed by atoms with Crippen LogP contribution in [-0.4, -0.2) is 4.57 Å². The highest BCUT2D eigenvalue weighted by atomic mass is 35.5. The lowest BCUT2D eigenvalue weighted by Crippen LogP contribution is -2.27. The Labute approximate surface area is 189 Å². The topological polar surface area (TPSA) is 17.0 Å². The van der Waals surface area contributed by atoms with Gasteiger partial charge in [0.15, 0.2) is 0 Å². The highest BCUT2D eigenvalue weighted by molar-refractivity contribution is 6.22. The fraction of sp³-hybridized carbons (Fsp3) is 0.286. The first-order valence-corrected chi connectivity index (χ1v) is 11.9. The van der Waals surface area contributed by atoms with Gasteiger partial charge in [0.25, 0.3) is 0 Å². The molecular formula is C28H29ClN2. The Balaban J connectivity index is 1.64. The number of aromatic nitrogens is 1. The molecule has 1 atom stereocenters. The van der Waals surface area contributed by atoms with Gasteiger partial charge in [-0.1, -0.05) is 55.5 Å². The number of benzene rings is 2. The number of para-hydroxylation sites is 1. The standard InChI is InChI=1S/C28H29ClN2/c1-3-19-13-14-20(28(19)30-21-9-6-5-7-10-21)15-17-25-23-12-8-11-22-24(29)16-18-26(27(22)23)31(25)4-2/h5-12,15,17-18,24,30H,3-4,13-14,16H2,1-2H3/b20-15+,25-17+. The smallest absolute Gasteiger partial charge is 0.0627 e. The van der Waals surface area contributed by atoms with Gasteiger partial charge in [-0.3, -0.25) is 0 Å². The molecule has 0 saturated carbocycles. The van der Waals surface area contributed by atoms with Gasteiger partial charge >= 0.3 is 0 Å². The van der Waals surface area contributed by atoms with E-state index in [1.807, 2.05) is 0 Å². The second kappa shape index (κ2) is 8.43. The van der Waals surface area contributed by atoms with E-state index < -0.39 is 0 Å². The van der Waals surface area contributed by atoms with Crippen molar-refractivity contribution < 1.29 is 0 Å². The van der Waals surface area contributed by atoms with Crippen molar-refractivity contribution in [1.82, 2.24) is 4.57 Å². The number of allylic oxidation sites excluding steroid dienone is 3. The molecule has 0 spiro atoms. The first-order valence-electron chi connectivity index (χ1n) is 11.4. The Morgan fingerprint density at radius 1 is 1.03 bits per heavy atom. The van der Waals surface area contributed by atoms with E-state index in [0.717, 1.165) is 37.9 Å². The van der Waals surface area contributed by atoms with Crippen molar-refractivity contribution in [3.63, 3.8) is 0 Å². The molecule has 2 aliphatic rings. The van der Waals surface area contributed by atoms with E-state index in [1.54, 1.807) is 0 Å². The van der Waals surface area contributed by atoms with Crippen molar-refractivity contribution in [2.75, 3.05) is 5.32 Å². The van der Waals surface area contributed by atoms with E-state index in [9.17, 15) is 0 Å². The number of nitrogens with one attached hydrogen (secondary N) is 1. The van der Waals surface area contributed by atoms with Crippen LogP contribution >= 0.6 is 11.6 Å². The zero-order valence-corrected chi connectivity index (χ0v) is 19.0. The fourth-order valence-electron chi connectivity index (χ4n) is 5.11. The molecule has 1 heterocycles. The van der Waals surface area contributed by atoms with Crippen LogP contribution in [0.4, 0.5) is 5.69 Å². The lowest BCUT2D eigenvalue weighted by Gasteiger charge is -2.13. The zero-order chi connectivity index (χ0) is 21.4. The van der Waals surface area contributed by atoms with Gasteiger partial charge in [-0.25, -0.2) is 0 Å². The predicted octanol–water partition coefficient (Wildman–Crippen LogP) is 6.40. The van der Waals surface area contributed by atoms with Crippen LogP contribution in [0, 0.1) is 0 Å². The molecule has 3 aromatic rings. The molecule has 3 heteroatoms. The molecule has 1 aromatic heterocycles. The first-order chi connectivity index (χ1) is 15.2. The molecule has 0 fully saturated rings. The Bertz CT molecular complexity index is 1310. The Hall–Kier alpha value is -2.71. The summed E-state index contributed by atoms with van der Waals surface area (Å²) in [6, 6.07) is 17.1. The highest BCUT2D eigenvalue weighted by Crippen LogP contribution is 2.34. The maximum Gasteiger partial charge on any atom is 0.0627 e. The number of hydrogen-bond acceptors (Lipinski definition) is 1. The minimum Gasteiger partial charge on any atom is -0.355 e. The summed E-state index contributed by atoms with van der Waals surface area (Å²) in [5, 5.41) is 9.02. The predicted molar refractivity (Wildman–Crippen MR) is 134 cm³/mol. The second-order valence-corrected chi connectivity index (χ2v) is 8.90. The fourth-order valence-corrected chi connectivity index (χ4v) is 5.38. The van der Waals surface area contributed by atoms with Gasteiger partial charge in [0.1, 0.15) is 0 Å². The monoisotopic (exact) mass is 428 g/mol. The van der Waals surface area contributed by atoms with Crippen LogP contribution in [0.15, 0.2) is 71.5 Å². The first kappa shape index (κ1) is 20.2. The molecule has 1 N–H and O–H groups in total. The van der Waals surface area contributed by atoms with Crippen LogP contribution in [0.3, 0.4) is 0 Å². The molecular weight excluding hydrogens is 400 g/mol. The maximum atomic E-state index is 6.65. The van der Waals surface area contributed by atoms with Crippen LogP contribution in [0.2, 0.25) is 0 Å². The molecule has 158 valence electrons. The molecule has 1 unspecified atom stereocenters. The molecule has 0 radical (unpaired) electrons. The second-order valence-electron chi connectivity index (χ2n) is 8.37. The quantitative estimate of drug-likeness (QED) is 0.465. The molecule has 0 amide bonds. The number of alkyl halides is 1. The summed E-state index contributed by atoms with van der Waals surface area (Å²) in [6.07, 6.45) is 11.2. The number of hydrogen-bond donors (Lipinski definition) is 1. The van der Waals surface area contributed by atoms with Gasteiger partial charge in [-0.15, -0.1) is 11.6 Å². The Morgan fingerprint density at radius 2 is 1.87 bits per heavy atom. The minimum absolute atomic E-state index is 0.0710. The summed E-state index contributed by atoms with van der Waals surface area (Å²) in [7, 11) is 0. The van der Waals surface area contributed by atoms with Crippen molar-refractivity contribution in [3.8, 4) is 0 Å². The summed E-state index contributed by atoms with van der Waals surface area (Å²) in [4.78, 5) is 0. The number of anilines is 1. The van der Waals surface area contributed by atoms with Gasteiger partial charge in [0.2, 0.25) is 0 Å². The highest BCUT2D eigenvalue weighted by Gasteiger charge is 2.20. The van der Waals surface area contributed by atoms with Gasteiger partial charge in [-0.05, 0) is 67.5 Å². The third kappa shape index (κ3) is 3.53. The van der Waals surface area contributed by atoms with Crippen LogP contribution in [-0.2, 0) is 6.54 Å². The van der Waals surface area contributed by atoms with E-state index in [1.165, 1.54) is 43.9 Å². The average Bonchev–Trinajstić information content (AvgIpc) is 3.34. The third-order valence-corrected chi connectivity index (χ3v) is 7.08. The number of rotatable bonds is 5. The van der Waals surface area contributed by atoms with E-state index >= 15 is 0 Å². The van der Waals surface area contributed by atoms with E-state index in [-0.39, 0.29) is 5.38 Å². The molecule has 2 aromatic carbocycles. The van der Waals surface area contributed by atoms with Gasteiger partial charge in [0, 0.05) is 39.4 Å². The molecule has 5 rings (SSSR count). The molecule has 2 nitrogen and oxygen atoms in total. The summed E-state index contributed by atoms with van der Waals surface area (Å²) in [6.45, 7) is 5.44. The SMILES string of the molecule is CCC1=C(Nc2ccccc2)/C(=C/C=c2\c3cccc4c3c(n2CC)=CCC4Cl)CC1. The van der Waals surface area contributed by atoms with E-state index in [0.29, 0.717) is 0 Å². The number of nitrogens with zero attached hydrogens (tertiary/aromatic N) is 1. The molecule has 0 saturated heterocycles. The average molecular weight is 429 g/mol. The van der Waals surface area contributed by atoms with Crippen molar-refractivity contribution in [2.24, 2.45) is 0 Å². The van der Waals surface area contributed by atoms with Crippen LogP contribution in [0.25, 0.3) is 22.9 Å². The van der Waals surface area contributed by atoms with Crippen molar-refractivity contribution in [2.45, 2.75) is 51.5 Å². The lowest BCUT2D eigenvalue weighted by molar-refractivity contribution is 0.724.